The van der Waals surface area contributed by atoms with E-state index in [9.17, 15) is 9.59 Å². The summed E-state index contributed by atoms with van der Waals surface area (Å²) in [5.74, 6) is -1.79. The lowest BCUT2D eigenvalue weighted by molar-refractivity contribution is 0.0696. The molecular weight excluding hydrogens is 298 g/mol. The maximum atomic E-state index is 11.9. The number of carboxylic acids is 1. The van der Waals surface area contributed by atoms with E-state index in [0.29, 0.717) is 11.9 Å². The number of hydrogen-bond donors (Lipinski definition) is 1. The summed E-state index contributed by atoms with van der Waals surface area (Å²) in [6, 6.07) is 4.59. The molecule has 1 aromatic carbocycles. The SMILES string of the molecule is CN(C)CCCn1cc(C(=O)N=[N+]=[N-])c2cc(C(=O)O)ccc21. The lowest BCUT2D eigenvalue weighted by Crippen LogP contribution is -2.14. The van der Waals surface area contributed by atoms with Gasteiger partial charge in [-0.3, -0.25) is 4.79 Å². The molecule has 2 rings (SSSR count). The average Bonchev–Trinajstić information content (AvgIpc) is 2.85. The van der Waals surface area contributed by atoms with Crippen LogP contribution in [0.25, 0.3) is 21.3 Å². The van der Waals surface area contributed by atoms with Crippen molar-refractivity contribution in [2.45, 2.75) is 13.0 Å². The third-order valence-electron chi connectivity index (χ3n) is 3.50. The van der Waals surface area contributed by atoms with E-state index in [1.54, 1.807) is 12.3 Å². The lowest BCUT2D eigenvalue weighted by atomic mass is 10.1. The van der Waals surface area contributed by atoms with Crippen LogP contribution in [0.2, 0.25) is 0 Å². The summed E-state index contributed by atoms with van der Waals surface area (Å²) < 4.78 is 1.88. The van der Waals surface area contributed by atoms with Crippen LogP contribution in [0.1, 0.15) is 27.1 Å². The molecule has 0 unspecified atom stereocenters. The first-order chi connectivity index (χ1) is 10.9. The van der Waals surface area contributed by atoms with Crippen LogP contribution in [0, 0.1) is 0 Å². The second kappa shape index (κ2) is 6.95. The summed E-state index contributed by atoms with van der Waals surface area (Å²) in [5.41, 5.74) is 9.49. The standard InChI is InChI=1S/C15H17N5O3/c1-19(2)6-3-7-20-9-12(14(21)17-18-16)11-8-10(15(22)23)4-5-13(11)20/h4-5,8-9H,3,6-7H2,1-2H3,(H,22,23). The number of carbonyl (C=O) groups excluding carboxylic acids is 1. The van der Waals surface area contributed by atoms with Crippen molar-refractivity contribution in [2.75, 3.05) is 20.6 Å². The largest absolute Gasteiger partial charge is 0.478 e. The highest BCUT2D eigenvalue weighted by Crippen LogP contribution is 2.24. The molecule has 2 aromatic rings. The Morgan fingerprint density at radius 2 is 2.13 bits per heavy atom. The second-order valence-electron chi connectivity index (χ2n) is 5.42. The summed E-state index contributed by atoms with van der Waals surface area (Å²) in [5, 5.41) is 12.7. The molecule has 0 radical (unpaired) electrons. The van der Waals surface area contributed by atoms with E-state index in [0.717, 1.165) is 18.5 Å². The summed E-state index contributed by atoms with van der Waals surface area (Å²) in [7, 11) is 3.95. The smallest absolute Gasteiger partial charge is 0.335 e. The third-order valence-corrected chi connectivity index (χ3v) is 3.50. The molecule has 0 fully saturated rings. The molecule has 23 heavy (non-hydrogen) atoms. The predicted molar refractivity (Wildman–Crippen MR) is 85.5 cm³/mol. The molecule has 0 atom stereocenters. The molecule has 0 saturated carbocycles. The van der Waals surface area contributed by atoms with Gasteiger partial charge in [0.15, 0.2) is 0 Å². The number of aromatic carboxylic acids is 1. The monoisotopic (exact) mass is 315 g/mol. The minimum Gasteiger partial charge on any atom is -0.478 e. The molecule has 8 nitrogen and oxygen atoms in total. The Balaban J connectivity index is 2.49. The first-order valence-electron chi connectivity index (χ1n) is 7.04. The minimum atomic E-state index is -1.07. The van der Waals surface area contributed by atoms with Gasteiger partial charge in [0, 0.05) is 34.1 Å². The van der Waals surface area contributed by atoms with Crippen LogP contribution in [-0.2, 0) is 6.54 Å². The fraction of sp³-hybridized carbons (Fsp3) is 0.333. The van der Waals surface area contributed by atoms with Gasteiger partial charge in [-0.2, -0.15) is 0 Å². The number of benzene rings is 1. The molecule has 1 N–H and O–H groups in total. The van der Waals surface area contributed by atoms with Crippen molar-refractivity contribution in [3.8, 4) is 0 Å². The van der Waals surface area contributed by atoms with Crippen molar-refractivity contribution in [3.63, 3.8) is 0 Å². The van der Waals surface area contributed by atoms with Crippen molar-refractivity contribution in [2.24, 2.45) is 5.11 Å². The van der Waals surface area contributed by atoms with Crippen molar-refractivity contribution in [1.29, 1.82) is 0 Å². The van der Waals surface area contributed by atoms with E-state index in [1.165, 1.54) is 12.1 Å². The highest BCUT2D eigenvalue weighted by molar-refractivity contribution is 6.08. The Bertz CT molecular complexity index is 803. The Morgan fingerprint density at radius 3 is 2.74 bits per heavy atom. The average molecular weight is 315 g/mol. The summed E-state index contributed by atoms with van der Waals surface area (Å²) in [6.45, 7) is 1.55. The van der Waals surface area contributed by atoms with E-state index in [1.807, 2.05) is 18.7 Å². The lowest BCUT2D eigenvalue weighted by Gasteiger charge is -2.10. The van der Waals surface area contributed by atoms with Gasteiger partial charge >= 0.3 is 5.97 Å². The van der Waals surface area contributed by atoms with Gasteiger partial charge in [0.2, 0.25) is 0 Å². The molecule has 8 heteroatoms. The Morgan fingerprint density at radius 1 is 1.39 bits per heavy atom. The topological polar surface area (TPSA) is 111 Å². The Hall–Kier alpha value is -2.83. The normalized spacial score (nSPS) is 10.7. The third kappa shape index (κ3) is 3.68. The number of aryl methyl sites for hydroxylation is 1. The van der Waals surface area contributed by atoms with Crippen molar-refractivity contribution < 1.29 is 14.7 Å². The van der Waals surface area contributed by atoms with Crippen molar-refractivity contribution >= 4 is 22.8 Å². The van der Waals surface area contributed by atoms with Crippen LogP contribution in [0.15, 0.2) is 29.5 Å². The quantitative estimate of drug-likeness (QED) is 0.501. The zero-order chi connectivity index (χ0) is 17.0. The number of azide groups is 1. The Labute approximate surface area is 132 Å². The van der Waals surface area contributed by atoms with Crippen LogP contribution in [0.5, 0.6) is 0 Å². The fourth-order valence-electron chi connectivity index (χ4n) is 2.44. The summed E-state index contributed by atoms with van der Waals surface area (Å²) >= 11 is 0. The molecule has 0 aliphatic rings. The van der Waals surface area contributed by atoms with Gasteiger partial charge in [0.05, 0.1) is 5.56 Å². The van der Waals surface area contributed by atoms with E-state index < -0.39 is 11.9 Å². The van der Waals surface area contributed by atoms with Crippen LogP contribution in [0.3, 0.4) is 0 Å². The number of rotatable bonds is 6. The molecule has 0 saturated heterocycles. The molecule has 0 aliphatic heterocycles. The zero-order valence-corrected chi connectivity index (χ0v) is 12.9. The van der Waals surface area contributed by atoms with Gasteiger partial charge in [-0.1, -0.05) is 0 Å². The molecule has 0 spiro atoms. The zero-order valence-electron chi connectivity index (χ0n) is 12.9. The van der Waals surface area contributed by atoms with Gasteiger partial charge < -0.3 is 14.6 Å². The predicted octanol–water partition coefficient (Wildman–Crippen LogP) is 2.74. The molecular formula is C15H17N5O3. The number of carbonyl (C=O) groups is 2. The molecule has 1 amide bonds. The van der Waals surface area contributed by atoms with Gasteiger partial charge in [-0.15, -0.1) is 0 Å². The van der Waals surface area contributed by atoms with Crippen molar-refractivity contribution in [1.82, 2.24) is 9.47 Å². The van der Waals surface area contributed by atoms with E-state index in [-0.39, 0.29) is 11.1 Å². The highest BCUT2D eigenvalue weighted by Gasteiger charge is 2.16. The highest BCUT2D eigenvalue weighted by atomic mass is 16.4. The molecule has 1 aromatic heterocycles. The Kier molecular flexibility index (Phi) is 5.00. The fourth-order valence-corrected chi connectivity index (χ4v) is 2.44. The van der Waals surface area contributed by atoms with Crippen LogP contribution in [0.4, 0.5) is 0 Å². The summed E-state index contributed by atoms with van der Waals surface area (Å²) in [4.78, 5) is 27.6. The molecule has 120 valence electrons. The second-order valence-corrected chi connectivity index (χ2v) is 5.42. The molecule has 0 bridgehead atoms. The van der Waals surface area contributed by atoms with Gasteiger partial charge in [0.25, 0.3) is 5.91 Å². The minimum absolute atomic E-state index is 0.0820. The van der Waals surface area contributed by atoms with E-state index >= 15 is 0 Å². The first-order valence-corrected chi connectivity index (χ1v) is 7.04. The number of aromatic nitrogens is 1. The van der Waals surface area contributed by atoms with Crippen LogP contribution < -0.4 is 0 Å². The van der Waals surface area contributed by atoms with Gasteiger partial charge in [-0.05, 0) is 55.9 Å². The maximum absolute atomic E-state index is 11.9. The van der Waals surface area contributed by atoms with Crippen LogP contribution >= 0.6 is 0 Å². The number of amides is 1. The molecule has 1 heterocycles. The van der Waals surface area contributed by atoms with E-state index in [2.05, 4.69) is 14.9 Å². The summed E-state index contributed by atoms with van der Waals surface area (Å²) in [6.07, 6.45) is 2.48. The van der Waals surface area contributed by atoms with Crippen LogP contribution in [-0.4, -0.2) is 47.1 Å². The van der Waals surface area contributed by atoms with E-state index in [4.69, 9.17) is 10.6 Å². The van der Waals surface area contributed by atoms with Gasteiger partial charge in [0.1, 0.15) is 0 Å². The van der Waals surface area contributed by atoms with Gasteiger partial charge in [-0.25, -0.2) is 4.79 Å². The number of nitrogens with zero attached hydrogens (tertiary/aromatic N) is 5. The number of carboxylic acid groups (broad SMARTS) is 1. The maximum Gasteiger partial charge on any atom is 0.335 e. The number of hydrogen-bond acceptors (Lipinski definition) is 3. The molecule has 0 aliphatic carbocycles. The first kappa shape index (κ1) is 16.5. The van der Waals surface area contributed by atoms with Crippen molar-refractivity contribution in [3.05, 3.63) is 46.0 Å². The number of fused-ring (bicyclic) bond motifs is 1.